The predicted octanol–water partition coefficient (Wildman–Crippen LogP) is 2.14. The van der Waals surface area contributed by atoms with Gasteiger partial charge in [-0.3, -0.25) is 4.79 Å². The van der Waals surface area contributed by atoms with Gasteiger partial charge in [-0.25, -0.2) is 0 Å². The molecule has 19 heavy (non-hydrogen) atoms. The Bertz CT molecular complexity index is 453. The summed E-state index contributed by atoms with van der Waals surface area (Å²) in [6.45, 7) is 1.96. The molecule has 1 aromatic carbocycles. The number of nitrogens with two attached hydrogens (primary N) is 1. The molecule has 2 rings (SSSR count). The molecule has 0 saturated heterocycles. The Hall–Kier alpha value is -1.55. The lowest BCUT2D eigenvalue weighted by molar-refractivity contribution is -0.126. The first kappa shape index (κ1) is 13.9. The third kappa shape index (κ3) is 3.07. The number of rotatable bonds is 4. The van der Waals surface area contributed by atoms with Crippen LogP contribution < -0.4 is 15.8 Å². The molecule has 0 bridgehead atoms. The number of carbonyl (C=O) groups is 1. The van der Waals surface area contributed by atoms with Gasteiger partial charge in [-0.05, 0) is 37.5 Å². The molecular weight excluding hydrogens is 240 g/mol. The summed E-state index contributed by atoms with van der Waals surface area (Å²) in [5.74, 6) is 0.752. The largest absolute Gasteiger partial charge is 0.497 e. The van der Waals surface area contributed by atoms with Crippen LogP contribution in [0.25, 0.3) is 0 Å². The Labute approximate surface area is 114 Å². The lowest BCUT2D eigenvalue weighted by Gasteiger charge is -2.25. The van der Waals surface area contributed by atoms with Crippen molar-refractivity contribution in [1.82, 2.24) is 5.32 Å². The molecule has 0 radical (unpaired) electrons. The van der Waals surface area contributed by atoms with E-state index in [4.69, 9.17) is 10.5 Å². The predicted molar refractivity (Wildman–Crippen MR) is 74.9 cm³/mol. The first-order chi connectivity index (χ1) is 9.05. The van der Waals surface area contributed by atoms with Crippen LogP contribution in [0.4, 0.5) is 0 Å². The molecule has 0 aliphatic heterocycles. The molecule has 1 aliphatic rings. The summed E-state index contributed by atoms with van der Waals surface area (Å²) >= 11 is 0. The van der Waals surface area contributed by atoms with E-state index in [0.717, 1.165) is 37.0 Å². The summed E-state index contributed by atoms with van der Waals surface area (Å²) in [6.07, 6.45) is 3.64. The number of nitrogens with one attached hydrogen (secondary N) is 1. The van der Waals surface area contributed by atoms with Crippen LogP contribution in [-0.4, -0.2) is 18.6 Å². The Kier molecular flexibility index (Phi) is 4.10. The highest BCUT2D eigenvalue weighted by atomic mass is 16.5. The molecule has 1 amide bonds. The molecule has 4 nitrogen and oxygen atoms in total. The van der Waals surface area contributed by atoms with Crippen LogP contribution in [-0.2, 0) is 4.79 Å². The van der Waals surface area contributed by atoms with Crippen molar-refractivity contribution in [3.8, 4) is 5.75 Å². The maximum absolute atomic E-state index is 12.2. The maximum Gasteiger partial charge on any atom is 0.240 e. The fourth-order valence-electron chi connectivity index (χ4n) is 2.57. The molecule has 4 heteroatoms. The van der Waals surface area contributed by atoms with Gasteiger partial charge in [0, 0.05) is 0 Å². The lowest BCUT2D eigenvalue weighted by atomic mass is 9.97. The van der Waals surface area contributed by atoms with Crippen molar-refractivity contribution >= 4 is 5.91 Å². The van der Waals surface area contributed by atoms with Crippen molar-refractivity contribution in [2.45, 2.75) is 44.2 Å². The number of ether oxygens (including phenoxy) is 1. The minimum atomic E-state index is -0.673. The average Bonchev–Trinajstić information content (AvgIpc) is 2.87. The fraction of sp³-hybridized carbons (Fsp3) is 0.533. The molecule has 1 aliphatic carbocycles. The topological polar surface area (TPSA) is 64.3 Å². The van der Waals surface area contributed by atoms with Crippen molar-refractivity contribution < 1.29 is 9.53 Å². The summed E-state index contributed by atoms with van der Waals surface area (Å²) in [6, 6.07) is 7.65. The zero-order valence-corrected chi connectivity index (χ0v) is 11.6. The Morgan fingerprint density at radius 3 is 2.74 bits per heavy atom. The van der Waals surface area contributed by atoms with Crippen molar-refractivity contribution in [3.63, 3.8) is 0 Å². The van der Waals surface area contributed by atoms with Crippen LogP contribution in [0, 0.1) is 0 Å². The van der Waals surface area contributed by atoms with Crippen molar-refractivity contribution in [1.29, 1.82) is 0 Å². The smallest absolute Gasteiger partial charge is 0.240 e. The third-order valence-electron chi connectivity index (χ3n) is 3.89. The molecule has 0 aromatic heterocycles. The van der Waals surface area contributed by atoms with Gasteiger partial charge in [0.05, 0.1) is 18.7 Å². The van der Waals surface area contributed by atoms with E-state index >= 15 is 0 Å². The molecular formula is C15H22N2O2. The van der Waals surface area contributed by atoms with Crippen LogP contribution in [0.3, 0.4) is 0 Å². The number of carbonyl (C=O) groups excluding carboxylic acids is 1. The Morgan fingerprint density at radius 1 is 1.42 bits per heavy atom. The van der Waals surface area contributed by atoms with Gasteiger partial charge in [0.25, 0.3) is 0 Å². The highest BCUT2D eigenvalue weighted by Gasteiger charge is 2.37. The van der Waals surface area contributed by atoms with Gasteiger partial charge in [-0.15, -0.1) is 0 Å². The van der Waals surface area contributed by atoms with Crippen molar-refractivity contribution in [2.24, 2.45) is 5.73 Å². The van der Waals surface area contributed by atoms with Gasteiger partial charge in [-0.2, -0.15) is 0 Å². The zero-order chi connectivity index (χ0) is 13.9. The summed E-state index contributed by atoms with van der Waals surface area (Å²) in [5, 5.41) is 3.01. The first-order valence-corrected chi connectivity index (χ1v) is 6.79. The average molecular weight is 262 g/mol. The molecule has 1 fully saturated rings. The van der Waals surface area contributed by atoms with Gasteiger partial charge in [0.1, 0.15) is 5.75 Å². The van der Waals surface area contributed by atoms with E-state index in [-0.39, 0.29) is 11.9 Å². The molecule has 3 N–H and O–H groups in total. The third-order valence-corrected chi connectivity index (χ3v) is 3.89. The van der Waals surface area contributed by atoms with E-state index in [1.54, 1.807) is 7.11 Å². The second-order valence-corrected chi connectivity index (χ2v) is 5.34. The SMILES string of the molecule is COc1cccc(C(C)NC(=O)C2(N)CCCC2)c1. The molecule has 1 saturated carbocycles. The van der Waals surface area contributed by atoms with Crippen molar-refractivity contribution in [3.05, 3.63) is 29.8 Å². The summed E-state index contributed by atoms with van der Waals surface area (Å²) < 4.78 is 5.19. The quantitative estimate of drug-likeness (QED) is 0.873. The van der Waals surface area contributed by atoms with Crippen molar-refractivity contribution in [2.75, 3.05) is 7.11 Å². The maximum atomic E-state index is 12.2. The van der Waals surface area contributed by atoms with Gasteiger partial charge in [0.15, 0.2) is 0 Å². The van der Waals surface area contributed by atoms with E-state index in [1.165, 1.54) is 0 Å². The number of hydrogen-bond donors (Lipinski definition) is 2. The van der Waals surface area contributed by atoms with Gasteiger partial charge in [0.2, 0.25) is 5.91 Å². The summed E-state index contributed by atoms with van der Waals surface area (Å²) in [7, 11) is 1.63. The van der Waals surface area contributed by atoms with E-state index in [0.29, 0.717) is 0 Å². The zero-order valence-electron chi connectivity index (χ0n) is 11.6. The molecule has 0 heterocycles. The second kappa shape index (κ2) is 5.61. The van der Waals surface area contributed by atoms with Gasteiger partial charge in [-0.1, -0.05) is 25.0 Å². The Balaban J connectivity index is 2.03. The minimum absolute atomic E-state index is 0.0414. The normalized spacial score (nSPS) is 18.9. The number of amides is 1. The van der Waals surface area contributed by atoms with E-state index in [9.17, 15) is 4.79 Å². The van der Waals surface area contributed by atoms with Gasteiger partial charge < -0.3 is 15.8 Å². The molecule has 1 unspecified atom stereocenters. The lowest BCUT2D eigenvalue weighted by Crippen LogP contribution is -2.52. The van der Waals surface area contributed by atoms with E-state index in [2.05, 4.69) is 5.32 Å². The highest BCUT2D eigenvalue weighted by Crippen LogP contribution is 2.28. The highest BCUT2D eigenvalue weighted by molar-refractivity contribution is 5.86. The first-order valence-electron chi connectivity index (χ1n) is 6.79. The molecule has 0 spiro atoms. The molecule has 1 atom stereocenters. The summed E-state index contributed by atoms with van der Waals surface area (Å²) in [4.78, 5) is 12.2. The van der Waals surface area contributed by atoms with Gasteiger partial charge >= 0.3 is 0 Å². The summed E-state index contributed by atoms with van der Waals surface area (Å²) in [5.41, 5.74) is 6.50. The van der Waals surface area contributed by atoms with E-state index < -0.39 is 5.54 Å². The minimum Gasteiger partial charge on any atom is -0.497 e. The number of hydrogen-bond acceptors (Lipinski definition) is 3. The van der Waals surface area contributed by atoms with Crippen LogP contribution in [0.2, 0.25) is 0 Å². The molecule has 104 valence electrons. The van der Waals surface area contributed by atoms with Crippen LogP contribution in [0.1, 0.15) is 44.2 Å². The molecule has 1 aromatic rings. The fourth-order valence-corrected chi connectivity index (χ4v) is 2.57. The van der Waals surface area contributed by atoms with E-state index in [1.807, 2.05) is 31.2 Å². The van der Waals surface area contributed by atoms with Crippen LogP contribution >= 0.6 is 0 Å². The van der Waals surface area contributed by atoms with Crippen LogP contribution in [0.5, 0.6) is 5.75 Å². The second-order valence-electron chi connectivity index (χ2n) is 5.34. The Morgan fingerprint density at radius 2 is 2.11 bits per heavy atom. The number of benzene rings is 1. The standard InChI is InChI=1S/C15H22N2O2/c1-11(12-6-5-7-13(10-12)19-2)17-14(18)15(16)8-3-4-9-15/h5-7,10-11H,3-4,8-9,16H2,1-2H3,(H,17,18). The monoisotopic (exact) mass is 262 g/mol. The van der Waals surface area contributed by atoms with Crippen LogP contribution in [0.15, 0.2) is 24.3 Å². The number of methoxy groups -OCH3 is 1.